The Bertz CT molecular complexity index is 689. The van der Waals surface area contributed by atoms with Crippen LogP contribution in [0.5, 0.6) is 0 Å². The van der Waals surface area contributed by atoms with E-state index in [-0.39, 0.29) is 11.9 Å². The molecule has 5 nitrogen and oxygen atoms in total. The molecule has 1 atom stereocenters. The lowest BCUT2D eigenvalue weighted by molar-refractivity contribution is -0.119. The summed E-state index contributed by atoms with van der Waals surface area (Å²) in [7, 11) is 0. The molecule has 0 saturated heterocycles. The van der Waals surface area contributed by atoms with Gasteiger partial charge in [0.2, 0.25) is 11.0 Å². The number of hydrogen-bond donors (Lipinski definition) is 2. The molecule has 1 aliphatic carbocycles. The summed E-state index contributed by atoms with van der Waals surface area (Å²) >= 11 is 2.94. The predicted octanol–water partition coefficient (Wildman–Crippen LogP) is 3.65. The molecule has 2 N–H and O–H groups in total. The highest BCUT2D eigenvalue weighted by atomic mass is 32.2. The third kappa shape index (κ3) is 4.48. The monoisotopic (exact) mass is 362 g/mol. The van der Waals surface area contributed by atoms with Crippen LogP contribution in [0.3, 0.4) is 0 Å². The summed E-state index contributed by atoms with van der Waals surface area (Å²) in [6, 6.07) is 8.54. The lowest BCUT2D eigenvalue weighted by atomic mass is 9.88. The van der Waals surface area contributed by atoms with Crippen molar-refractivity contribution >= 4 is 34.1 Å². The fraction of sp³-hybridized carbons (Fsp3) is 0.471. The first-order valence-corrected chi connectivity index (χ1v) is 10.1. The van der Waals surface area contributed by atoms with Crippen LogP contribution < -0.4 is 10.6 Å². The first-order chi connectivity index (χ1) is 11.8. The number of carbonyl (C=O) groups excluding carboxylic acids is 1. The Morgan fingerprint density at radius 1 is 1.38 bits per heavy atom. The van der Waals surface area contributed by atoms with Gasteiger partial charge in [0.25, 0.3) is 0 Å². The van der Waals surface area contributed by atoms with Gasteiger partial charge in [0.05, 0.1) is 11.8 Å². The first-order valence-electron chi connectivity index (χ1n) is 8.33. The summed E-state index contributed by atoms with van der Waals surface area (Å²) in [6.45, 7) is 3.00. The number of rotatable bonds is 7. The molecule has 0 fully saturated rings. The summed E-state index contributed by atoms with van der Waals surface area (Å²) in [5, 5.41) is 15.4. The zero-order chi connectivity index (χ0) is 16.8. The number of carbonyl (C=O) groups is 1. The molecular weight excluding hydrogens is 340 g/mol. The van der Waals surface area contributed by atoms with Crippen molar-refractivity contribution < 1.29 is 4.79 Å². The van der Waals surface area contributed by atoms with E-state index in [4.69, 9.17) is 0 Å². The van der Waals surface area contributed by atoms with Crippen LogP contribution in [-0.4, -0.2) is 28.4 Å². The van der Waals surface area contributed by atoms with Gasteiger partial charge in [0.15, 0.2) is 4.34 Å². The Kier molecular flexibility index (Phi) is 6.09. The lowest BCUT2D eigenvalue weighted by Crippen LogP contribution is -2.32. The standard InChI is InChI=1S/C17H22N4OS2/c1-2-10-18-16-20-21-17(24-16)23-11-15(22)19-14-9-5-7-12-6-3-4-8-13(12)14/h3-4,6,8,14H,2,5,7,9-11H2,1H3,(H,18,20)(H,19,22)/t14-/m1/s1. The van der Waals surface area contributed by atoms with Crippen LogP contribution in [0, 0.1) is 0 Å². The van der Waals surface area contributed by atoms with Gasteiger partial charge in [-0.15, -0.1) is 10.2 Å². The van der Waals surface area contributed by atoms with Crippen LogP contribution in [0.15, 0.2) is 28.6 Å². The van der Waals surface area contributed by atoms with Crippen molar-refractivity contribution in [2.24, 2.45) is 0 Å². The molecule has 24 heavy (non-hydrogen) atoms. The maximum atomic E-state index is 12.3. The quantitative estimate of drug-likeness (QED) is 0.736. The molecule has 0 aliphatic heterocycles. The normalized spacial score (nSPS) is 16.5. The third-order valence-electron chi connectivity index (χ3n) is 3.96. The van der Waals surface area contributed by atoms with Crippen LogP contribution >= 0.6 is 23.1 Å². The molecule has 7 heteroatoms. The maximum Gasteiger partial charge on any atom is 0.230 e. The average molecular weight is 363 g/mol. The molecule has 128 valence electrons. The number of amides is 1. The van der Waals surface area contributed by atoms with E-state index in [1.54, 1.807) is 0 Å². The van der Waals surface area contributed by atoms with Crippen LogP contribution in [-0.2, 0) is 11.2 Å². The zero-order valence-electron chi connectivity index (χ0n) is 13.7. The predicted molar refractivity (Wildman–Crippen MR) is 99.7 cm³/mol. The molecule has 0 saturated carbocycles. The third-order valence-corrected chi connectivity index (χ3v) is 5.98. The Balaban J connectivity index is 1.50. The van der Waals surface area contributed by atoms with Crippen molar-refractivity contribution in [3.63, 3.8) is 0 Å². The van der Waals surface area contributed by atoms with Gasteiger partial charge < -0.3 is 10.6 Å². The molecular formula is C17H22N4OS2. The van der Waals surface area contributed by atoms with E-state index in [2.05, 4.69) is 46.0 Å². The average Bonchev–Trinajstić information content (AvgIpc) is 3.06. The van der Waals surface area contributed by atoms with Crippen LogP contribution in [0.2, 0.25) is 0 Å². The fourth-order valence-corrected chi connectivity index (χ4v) is 4.43. The smallest absolute Gasteiger partial charge is 0.230 e. The Morgan fingerprint density at radius 3 is 3.12 bits per heavy atom. The van der Waals surface area contributed by atoms with E-state index >= 15 is 0 Å². The van der Waals surface area contributed by atoms with Gasteiger partial charge in [-0.1, -0.05) is 54.3 Å². The van der Waals surface area contributed by atoms with Crippen molar-refractivity contribution in [2.45, 2.75) is 43.0 Å². The van der Waals surface area contributed by atoms with Gasteiger partial charge in [-0.3, -0.25) is 4.79 Å². The van der Waals surface area contributed by atoms with Crippen LogP contribution in [0.25, 0.3) is 0 Å². The van der Waals surface area contributed by atoms with E-state index in [9.17, 15) is 4.79 Å². The van der Waals surface area contributed by atoms with Crippen molar-refractivity contribution in [1.29, 1.82) is 0 Å². The molecule has 0 bridgehead atoms. The number of thioether (sulfide) groups is 1. The van der Waals surface area contributed by atoms with Crippen LogP contribution in [0.4, 0.5) is 5.13 Å². The summed E-state index contributed by atoms with van der Waals surface area (Å²) in [6.07, 6.45) is 4.29. The number of aryl methyl sites for hydroxylation is 1. The van der Waals surface area contributed by atoms with Gasteiger partial charge in [0, 0.05) is 6.54 Å². The second kappa shape index (κ2) is 8.48. The number of aromatic nitrogens is 2. The second-order valence-corrected chi connectivity index (χ2v) is 8.00. The van der Waals surface area contributed by atoms with Gasteiger partial charge in [-0.25, -0.2) is 0 Å². The number of nitrogens with one attached hydrogen (secondary N) is 2. The Hall–Kier alpha value is -1.60. The highest BCUT2D eigenvalue weighted by Crippen LogP contribution is 2.30. The van der Waals surface area contributed by atoms with Crippen molar-refractivity contribution in [1.82, 2.24) is 15.5 Å². The minimum atomic E-state index is 0.0555. The maximum absolute atomic E-state index is 12.3. The summed E-state index contributed by atoms with van der Waals surface area (Å²) in [5.74, 6) is 0.432. The van der Waals surface area contributed by atoms with E-state index in [0.29, 0.717) is 5.75 Å². The van der Waals surface area contributed by atoms with Crippen molar-refractivity contribution in [3.05, 3.63) is 35.4 Å². The zero-order valence-corrected chi connectivity index (χ0v) is 15.4. The summed E-state index contributed by atoms with van der Waals surface area (Å²) in [4.78, 5) is 12.3. The molecule has 1 amide bonds. The van der Waals surface area contributed by atoms with Crippen LogP contribution in [0.1, 0.15) is 43.4 Å². The minimum Gasteiger partial charge on any atom is -0.360 e. The van der Waals surface area contributed by atoms with Gasteiger partial charge >= 0.3 is 0 Å². The highest BCUT2D eigenvalue weighted by Gasteiger charge is 2.21. The summed E-state index contributed by atoms with van der Waals surface area (Å²) in [5.41, 5.74) is 2.63. The largest absolute Gasteiger partial charge is 0.360 e. The SMILES string of the molecule is CCCNc1nnc(SCC(=O)N[C@@H]2CCCc3ccccc32)s1. The summed E-state index contributed by atoms with van der Waals surface area (Å²) < 4.78 is 0.827. The van der Waals surface area contributed by atoms with Gasteiger partial charge in [-0.2, -0.15) is 0 Å². The topological polar surface area (TPSA) is 66.9 Å². The molecule has 2 aromatic rings. The Labute approximate surface area is 150 Å². The van der Waals surface area contributed by atoms with E-state index in [0.717, 1.165) is 41.7 Å². The van der Waals surface area contributed by atoms with Crippen molar-refractivity contribution in [3.8, 4) is 0 Å². The number of fused-ring (bicyclic) bond motifs is 1. The number of benzene rings is 1. The first kappa shape index (κ1) is 17.2. The van der Waals surface area contributed by atoms with Gasteiger partial charge in [-0.05, 0) is 36.8 Å². The molecule has 0 radical (unpaired) electrons. The number of nitrogens with zero attached hydrogens (tertiary/aromatic N) is 2. The molecule has 3 rings (SSSR count). The van der Waals surface area contributed by atoms with E-state index in [1.807, 2.05) is 6.07 Å². The molecule has 1 aromatic heterocycles. The Morgan fingerprint density at radius 2 is 2.25 bits per heavy atom. The second-order valence-electron chi connectivity index (χ2n) is 5.80. The lowest BCUT2D eigenvalue weighted by Gasteiger charge is -2.26. The van der Waals surface area contributed by atoms with E-state index < -0.39 is 0 Å². The number of hydrogen-bond acceptors (Lipinski definition) is 6. The molecule has 0 unspecified atom stereocenters. The molecule has 1 aromatic carbocycles. The minimum absolute atomic E-state index is 0.0555. The fourth-order valence-electron chi connectivity index (χ4n) is 2.84. The van der Waals surface area contributed by atoms with Crippen molar-refractivity contribution in [2.75, 3.05) is 17.6 Å². The van der Waals surface area contributed by atoms with E-state index in [1.165, 1.54) is 34.2 Å². The molecule has 0 spiro atoms. The van der Waals surface area contributed by atoms with Gasteiger partial charge in [0.1, 0.15) is 0 Å². The molecule has 1 aliphatic rings. The molecule has 1 heterocycles. The number of anilines is 1. The highest BCUT2D eigenvalue weighted by molar-refractivity contribution is 8.01.